The van der Waals surface area contributed by atoms with Crippen LogP contribution in [0, 0.1) is 5.82 Å². The van der Waals surface area contributed by atoms with Crippen LogP contribution in [-0.4, -0.2) is 8.32 Å². The fourth-order valence-corrected chi connectivity index (χ4v) is 2.32. The first-order valence-electron chi connectivity index (χ1n) is 6.22. The summed E-state index contributed by atoms with van der Waals surface area (Å²) < 4.78 is 19.4. The molecule has 0 radical (unpaired) electrons. The molecular weight excluding hydrogens is 243 g/mol. The van der Waals surface area contributed by atoms with E-state index in [2.05, 4.69) is 40.4 Å². The zero-order valence-corrected chi connectivity index (χ0v) is 13.0. The first kappa shape index (κ1) is 15.1. The van der Waals surface area contributed by atoms with Gasteiger partial charge in [0, 0.05) is 0 Å². The topological polar surface area (TPSA) is 9.23 Å². The van der Waals surface area contributed by atoms with E-state index in [4.69, 9.17) is 4.43 Å². The highest BCUT2D eigenvalue weighted by atomic mass is 28.4. The summed E-state index contributed by atoms with van der Waals surface area (Å²) in [5.41, 5.74) is 1.81. The number of hydrogen-bond acceptors (Lipinski definition) is 1. The zero-order valence-electron chi connectivity index (χ0n) is 12.0. The first-order valence-corrected chi connectivity index (χ1v) is 9.13. The largest absolute Gasteiger partial charge is 0.413 e. The molecule has 0 aromatic heterocycles. The maximum Gasteiger partial charge on any atom is 0.192 e. The van der Waals surface area contributed by atoms with Crippen LogP contribution in [0.3, 0.4) is 0 Å². The third kappa shape index (κ3) is 3.53. The Morgan fingerprint density at radius 1 is 1.33 bits per heavy atom. The molecule has 0 aliphatic heterocycles. The summed E-state index contributed by atoms with van der Waals surface area (Å²) >= 11 is 0. The van der Waals surface area contributed by atoms with Crippen LogP contribution in [0.1, 0.15) is 31.9 Å². The molecule has 0 unspecified atom stereocenters. The van der Waals surface area contributed by atoms with Gasteiger partial charge in [-0.05, 0) is 41.4 Å². The van der Waals surface area contributed by atoms with E-state index in [0.29, 0.717) is 6.61 Å². The van der Waals surface area contributed by atoms with E-state index in [1.54, 1.807) is 12.1 Å². The predicted octanol–water partition coefficient (Wildman–Crippen LogP) is 4.99. The maximum atomic E-state index is 13.3. The standard InChI is InChI=1S/C15H23FOSi/c1-7-12-8-9-14(16)10-13(12)11-17-18(5,6)15(2,3)4/h7-10H,1,11H2,2-6H3. The molecule has 0 atom stereocenters. The number of hydrogen-bond donors (Lipinski definition) is 0. The van der Waals surface area contributed by atoms with E-state index >= 15 is 0 Å². The molecule has 1 nitrogen and oxygen atoms in total. The van der Waals surface area contributed by atoms with E-state index in [1.807, 2.05) is 0 Å². The molecule has 3 heteroatoms. The van der Waals surface area contributed by atoms with Crippen molar-refractivity contribution in [3.05, 3.63) is 41.7 Å². The normalized spacial score (nSPS) is 12.6. The summed E-state index contributed by atoms with van der Waals surface area (Å²) in [5.74, 6) is -0.227. The lowest BCUT2D eigenvalue weighted by atomic mass is 10.1. The van der Waals surface area contributed by atoms with Crippen LogP contribution in [0.25, 0.3) is 6.08 Å². The van der Waals surface area contributed by atoms with Crippen LogP contribution in [0.15, 0.2) is 24.8 Å². The second-order valence-electron chi connectivity index (χ2n) is 6.10. The zero-order chi connectivity index (χ0) is 14.0. The predicted molar refractivity (Wildman–Crippen MR) is 78.5 cm³/mol. The highest BCUT2D eigenvalue weighted by molar-refractivity contribution is 6.74. The van der Waals surface area contributed by atoms with Crippen molar-refractivity contribution in [2.75, 3.05) is 0 Å². The number of halogens is 1. The van der Waals surface area contributed by atoms with Crippen LogP contribution in [0.2, 0.25) is 18.1 Å². The van der Waals surface area contributed by atoms with Crippen molar-refractivity contribution in [2.24, 2.45) is 0 Å². The Morgan fingerprint density at radius 2 is 1.94 bits per heavy atom. The third-order valence-corrected chi connectivity index (χ3v) is 8.20. The van der Waals surface area contributed by atoms with Gasteiger partial charge in [-0.15, -0.1) is 0 Å². The molecule has 1 rings (SSSR count). The first-order chi connectivity index (χ1) is 8.17. The van der Waals surface area contributed by atoms with Crippen molar-refractivity contribution in [1.82, 2.24) is 0 Å². The van der Waals surface area contributed by atoms with Gasteiger partial charge in [0.2, 0.25) is 0 Å². The molecule has 0 spiro atoms. The van der Waals surface area contributed by atoms with Gasteiger partial charge in [0.05, 0.1) is 6.61 Å². The lowest BCUT2D eigenvalue weighted by Gasteiger charge is -2.36. The third-order valence-electron chi connectivity index (χ3n) is 3.72. The second kappa shape index (κ2) is 5.37. The molecule has 0 amide bonds. The van der Waals surface area contributed by atoms with Crippen LogP contribution >= 0.6 is 0 Å². The van der Waals surface area contributed by atoms with E-state index in [-0.39, 0.29) is 10.9 Å². The summed E-state index contributed by atoms with van der Waals surface area (Å²) in [4.78, 5) is 0. The van der Waals surface area contributed by atoms with Crippen LogP contribution in [0.5, 0.6) is 0 Å². The molecule has 0 saturated carbocycles. The summed E-state index contributed by atoms with van der Waals surface area (Å²) in [6, 6.07) is 4.73. The van der Waals surface area contributed by atoms with Crippen molar-refractivity contribution >= 4 is 14.4 Å². The SMILES string of the molecule is C=Cc1ccc(F)cc1CO[Si](C)(C)C(C)(C)C. The number of rotatable bonds is 4. The summed E-state index contributed by atoms with van der Waals surface area (Å²) in [6.07, 6.45) is 1.74. The van der Waals surface area contributed by atoms with Crippen molar-refractivity contribution in [2.45, 2.75) is 45.5 Å². The van der Waals surface area contributed by atoms with Crippen LogP contribution in [0.4, 0.5) is 4.39 Å². The minimum absolute atomic E-state index is 0.161. The molecule has 0 fully saturated rings. The molecule has 0 saturated heterocycles. The van der Waals surface area contributed by atoms with Gasteiger partial charge in [0.15, 0.2) is 8.32 Å². The Bertz CT molecular complexity index is 433. The van der Waals surface area contributed by atoms with Gasteiger partial charge in [-0.25, -0.2) is 4.39 Å². The average Bonchev–Trinajstić information content (AvgIpc) is 2.25. The second-order valence-corrected chi connectivity index (χ2v) is 10.9. The Labute approximate surface area is 111 Å². The molecule has 0 bridgehead atoms. The Balaban J connectivity index is 2.87. The Morgan fingerprint density at radius 3 is 2.44 bits per heavy atom. The van der Waals surface area contributed by atoms with Crippen LogP contribution < -0.4 is 0 Å². The minimum Gasteiger partial charge on any atom is -0.413 e. The van der Waals surface area contributed by atoms with Crippen molar-refractivity contribution < 1.29 is 8.82 Å². The Hall–Kier alpha value is -0.933. The van der Waals surface area contributed by atoms with Gasteiger partial charge < -0.3 is 4.43 Å². The molecule has 18 heavy (non-hydrogen) atoms. The fraction of sp³-hybridized carbons (Fsp3) is 0.467. The van der Waals surface area contributed by atoms with Gasteiger partial charge in [-0.3, -0.25) is 0 Å². The highest BCUT2D eigenvalue weighted by Gasteiger charge is 2.37. The van der Waals surface area contributed by atoms with E-state index < -0.39 is 8.32 Å². The molecule has 0 N–H and O–H groups in total. The smallest absolute Gasteiger partial charge is 0.192 e. The monoisotopic (exact) mass is 266 g/mol. The quantitative estimate of drug-likeness (QED) is 0.698. The summed E-state index contributed by atoms with van der Waals surface area (Å²) in [5, 5.41) is 0.161. The van der Waals surface area contributed by atoms with Gasteiger partial charge in [-0.2, -0.15) is 0 Å². The molecule has 0 aliphatic rings. The summed E-state index contributed by atoms with van der Waals surface area (Å²) in [6.45, 7) is 15.2. The van der Waals surface area contributed by atoms with Gasteiger partial charge in [-0.1, -0.05) is 39.5 Å². The fourth-order valence-electron chi connectivity index (χ4n) is 1.37. The van der Waals surface area contributed by atoms with Gasteiger partial charge in [0.1, 0.15) is 5.82 Å². The molecule has 0 aliphatic carbocycles. The molecule has 0 heterocycles. The van der Waals surface area contributed by atoms with Gasteiger partial charge >= 0.3 is 0 Å². The van der Waals surface area contributed by atoms with Gasteiger partial charge in [0.25, 0.3) is 0 Å². The average molecular weight is 266 g/mol. The minimum atomic E-state index is -1.80. The van der Waals surface area contributed by atoms with Crippen molar-refractivity contribution in [1.29, 1.82) is 0 Å². The molecule has 100 valence electrons. The van der Waals surface area contributed by atoms with E-state index in [1.165, 1.54) is 12.1 Å². The number of benzene rings is 1. The van der Waals surface area contributed by atoms with E-state index in [9.17, 15) is 4.39 Å². The molecule has 1 aromatic rings. The Kier molecular flexibility index (Phi) is 4.51. The van der Waals surface area contributed by atoms with E-state index in [0.717, 1.165) is 11.1 Å². The summed E-state index contributed by atoms with van der Waals surface area (Å²) in [7, 11) is -1.80. The highest BCUT2D eigenvalue weighted by Crippen LogP contribution is 2.37. The molecular formula is C15H23FOSi. The van der Waals surface area contributed by atoms with Crippen molar-refractivity contribution in [3.8, 4) is 0 Å². The maximum absolute atomic E-state index is 13.3. The molecule has 1 aromatic carbocycles. The van der Waals surface area contributed by atoms with Crippen molar-refractivity contribution in [3.63, 3.8) is 0 Å². The lowest BCUT2D eigenvalue weighted by molar-refractivity contribution is 0.275. The lowest BCUT2D eigenvalue weighted by Crippen LogP contribution is -2.40. The van der Waals surface area contributed by atoms with Crippen LogP contribution in [-0.2, 0) is 11.0 Å².